The standard InChI is InChI=1S/C17H28N2O2.2ClH/c1-13(2)7-8-14(19-11-9-18-10-12-19)17-15(20)5-4-6-16(17)21-3;;/h4-6,13-14,18,20H,7-12H2,1-3H3;2*1H/t14-;;/m1../s1. The molecule has 2 N–H and O–H groups in total. The van der Waals surface area contributed by atoms with Gasteiger partial charge >= 0.3 is 0 Å². The third-order valence-electron chi connectivity index (χ3n) is 4.21. The third-order valence-corrected chi connectivity index (χ3v) is 4.21. The summed E-state index contributed by atoms with van der Waals surface area (Å²) in [6, 6.07) is 5.78. The summed E-state index contributed by atoms with van der Waals surface area (Å²) < 4.78 is 5.50. The average molecular weight is 365 g/mol. The number of phenolic OH excluding ortho intramolecular Hbond substituents is 1. The number of rotatable bonds is 6. The zero-order chi connectivity index (χ0) is 15.2. The molecule has 1 heterocycles. The van der Waals surface area contributed by atoms with Crippen LogP contribution in [0.5, 0.6) is 11.5 Å². The number of halogens is 2. The molecule has 1 atom stereocenters. The molecule has 23 heavy (non-hydrogen) atoms. The maximum atomic E-state index is 10.4. The molecule has 0 spiro atoms. The van der Waals surface area contributed by atoms with Crippen molar-refractivity contribution in [2.24, 2.45) is 5.92 Å². The van der Waals surface area contributed by atoms with Crippen molar-refractivity contribution in [3.8, 4) is 11.5 Å². The summed E-state index contributed by atoms with van der Waals surface area (Å²) in [5.41, 5.74) is 0.947. The van der Waals surface area contributed by atoms with E-state index < -0.39 is 0 Å². The first-order chi connectivity index (χ1) is 10.1. The monoisotopic (exact) mass is 364 g/mol. The first-order valence-electron chi connectivity index (χ1n) is 7.94. The van der Waals surface area contributed by atoms with Crippen molar-refractivity contribution in [2.45, 2.75) is 32.7 Å². The Morgan fingerprint density at radius 2 is 1.83 bits per heavy atom. The van der Waals surface area contributed by atoms with Crippen LogP contribution >= 0.6 is 24.8 Å². The molecule has 1 aromatic rings. The first-order valence-corrected chi connectivity index (χ1v) is 7.94. The Bertz CT molecular complexity index is 452. The van der Waals surface area contributed by atoms with E-state index in [1.165, 1.54) is 0 Å². The molecule has 1 saturated heterocycles. The van der Waals surface area contributed by atoms with Gasteiger partial charge in [0, 0.05) is 32.2 Å². The van der Waals surface area contributed by atoms with Crippen molar-refractivity contribution in [3.05, 3.63) is 23.8 Å². The molecule has 134 valence electrons. The Balaban J connectivity index is 0.00000242. The van der Waals surface area contributed by atoms with Gasteiger partial charge in [-0.05, 0) is 30.9 Å². The maximum Gasteiger partial charge on any atom is 0.127 e. The minimum absolute atomic E-state index is 0. The number of phenols is 1. The second-order valence-corrected chi connectivity index (χ2v) is 6.17. The molecule has 1 aromatic carbocycles. The summed E-state index contributed by atoms with van der Waals surface area (Å²) in [5, 5.41) is 13.8. The molecule has 1 aliphatic heterocycles. The second kappa shape index (κ2) is 11.0. The van der Waals surface area contributed by atoms with Gasteiger partial charge in [0.1, 0.15) is 11.5 Å². The van der Waals surface area contributed by atoms with E-state index >= 15 is 0 Å². The zero-order valence-corrected chi connectivity index (χ0v) is 15.9. The highest BCUT2D eigenvalue weighted by Crippen LogP contribution is 2.39. The highest BCUT2D eigenvalue weighted by Gasteiger charge is 2.27. The lowest BCUT2D eigenvalue weighted by molar-refractivity contribution is 0.154. The van der Waals surface area contributed by atoms with E-state index in [2.05, 4.69) is 24.1 Å². The summed E-state index contributed by atoms with van der Waals surface area (Å²) >= 11 is 0. The van der Waals surface area contributed by atoms with Gasteiger partial charge in [0.2, 0.25) is 0 Å². The fourth-order valence-corrected chi connectivity index (χ4v) is 3.04. The molecule has 0 saturated carbocycles. The number of nitrogens with zero attached hydrogens (tertiary/aromatic N) is 1. The number of nitrogens with one attached hydrogen (secondary N) is 1. The molecule has 0 aromatic heterocycles. The van der Waals surface area contributed by atoms with Crippen molar-refractivity contribution in [1.29, 1.82) is 0 Å². The smallest absolute Gasteiger partial charge is 0.127 e. The number of ether oxygens (including phenoxy) is 1. The van der Waals surface area contributed by atoms with Gasteiger partial charge in [0.05, 0.1) is 12.7 Å². The van der Waals surface area contributed by atoms with Crippen LogP contribution < -0.4 is 10.1 Å². The minimum Gasteiger partial charge on any atom is -0.507 e. The number of piperazine rings is 1. The highest BCUT2D eigenvalue weighted by atomic mass is 35.5. The Morgan fingerprint density at radius 1 is 1.17 bits per heavy atom. The lowest BCUT2D eigenvalue weighted by Gasteiger charge is -2.36. The third kappa shape index (κ3) is 6.03. The topological polar surface area (TPSA) is 44.7 Å². The van der Waals surface area contributed by atoms with Crippen LogP contribution in [0.3, 0.4) is 0 Å². The number of aromatic hydroxyl groups is 1. The molecule has 2 rings (SSSR count). The van der Waals surface area contributed by atoms with Gasteiger partial charge in [0.25, 0.3) is 0 Å². The maximum absolute atomic E-state index is 10.4. The van der Waals surface area contributed by atoms with Crippen molar-refractivity contribution in [3.63, 3.8) is 0 Å². The Kier molecular flexibility index (Phi) is 10.7. The largest absolute Gasteiger partial charge is 0.507 e. The highest BCUT2D eigenvalue weighted by molar-refractivity contribution is 5.85. The molecule has 1 fully saturated rings. The van der Waals surface area contributed by atoms with E-state index in [1.54, 1.807) is 13.2 Å². The summed E-state index contributed by atoms with van der Waals surface area (Å²) in [7, 11) is 1.68. The fourth-order valence-electron chi connectivity index (χ4n) is 3.04. The van der Waals surface area contributed by atoms with Crippen LogP contribution in [0.25, 0.3) is 0 Å². The second-order valence-electron chi connectivity index (χ2n) is 6.17. The molecule has 0 radical (unpaired) electrons. The van der Waals surface area contributed by atoms with Gasteiger partial charge in [0.15, 0.2) is 0 Å². The van der Waals surface area contributed by atoms with E-state index in [1.807, 2.05) is 12.1 Å². The predicted molar refractivity (Wildman–Crippen MR) is 100 cm³/mol. The number of hydrogen-bond donors (Lipinski definition) is 2. The summed E-state index contributed by atoms with van der Waals surface area (Å²) in [6.07, 6.45) is 2.19. The molecule has 0 amide bonds. The van der Waals surface area contributed by atoms with Crippen molar-refractivity contribution in [1.82, 2.24) is 10.2 Å². The summed E-state index contributed by atoms with van der Waals surface area (Å²) in [5.74, 6) is 1.80. The van der Waals surface area contributed by atoms with E-state index in [9.17, 15) is 5.11 Å². The minimum atomic E-state index is 0. The van der Waals surface area contributed by atoms with Crippen molar-refractivity contribution >= 4 is 24.8 Å². The molecule has 1 aliphatic rings. The lowest BCUT2D eigenvalue weighted by atomic mass is 9.94. The molecular weight excluding hydrogens is 335 g/mol. The lowest BCUT2D eigenvalue weighted by Crippen LogP contribution is -2.45. The molecule has 0 bridgehead atoms. The van der Waals surface area contributed by atoms with Crippen LogP contribution in [-0.4, -0.2) is 43.3 Å². The number of benzene rings is 1. The fraction of sp³-hybridized carbons (Fsp3) is 0.647. The van der Waals surface area contributed by atoms with Crippen LogP contribution in [0.1, 0.15) is 38.3 Å². The van der Waals surface area contributed by atoms with Crippen LogP contribution in [0.4, 0.5) is 0 Å². The van der Waals surface area contributed by atoms with Gasteiger partial charge in [-0.1, -0.05) is 19.9 Å². The van der Waals surface area contributed by atoms with Crippen LogP contribution in [0.2, 0.25) is 0 Å². The average Bonchev–Trinajstić information content (AvgIpc) is 2.49. The SMILES string of the molecule is COc1cccc(O)c1[C@@H](CCC(C)C)N1CCNCC1.Cl.Cl. The van der Waals surface area contributed by atoms with Gasteiger partial charge < -0.3 is 15.2 Å². The normalized spacial score (nSPS) is 16.3. The molecule has 4 nitrogen and oxygen atoms in total. The van der Waals surface area contributed by atoms with Crippen molar-refractivity contribution < 1.29 is 9.84 Å². The molecule has 6 heteroatoms. The molecular formula is C17H30Cl2N2O2. The van der Waals surface area contributed by atoms with E-state index in [0.717, 1.165) is 50.3 Å². The molecule has 0 aliphatic carbocycles. The van der Waals surface area contributed by atoms with Gasteiger partial charge in [-0.2, -0.15) is 0 Å². The van der Waals surface area contributed by atoms with Gasteiger partial charge in [-0.15, -0.1) is 24.8 Å². The number of hydrogen-bond acceptors (Lipinski definition) is 4. The number of methoxy groups -OCH3 is 1. The summed E-state index contributed by atoms with van der Waals surface area (Å²) in [4.78, 5) is 2.47. The van der Waals surface area contributed by atoms with Crippen molar-refractivity contribution in [2.75, 3.05) is 33.3 Å². The van der Waals surface area contributed by atoms with E-state index in [0.29, 0.717) is 11.7 Å². The zero-order valence-electron chi connectivity index (χ0n) is 14.2. The van der Waals surface area contributed by atoms with Gasteiger partial charge in [-0.3, -0.25) is 4.90 Å². The van der Waals surface area contributed by atoms with Crippen LogP contribution in [-0.2, 0) is 0 Å². The predicted octanol–water partition coefficient (Wildman–Crippen LogP) is 3.63. The van der Waals surface area contributed by atoms with E-state index in [-0.39, 0.29) is 30.9 Å². The molecule has 0 unspecified atom stereocenters. The van der Waals surface area contributed by atoms with Gasteiger partial charge in [-0.25, -0.2) is 0 Å². The quantitative estimate of drug-likeness (QED) is 0.808. The van der Waals surface area contributed by atoms with Crippen LogP contribution in [0, 0.1) is 5.92 Å². The van der Waals surface area contributed by atoms with Crippen LogP contribution in [0.15, 0.2) is 18.2 Å². The first kappa shape index (κ1) is 22.3. The van der Waals surface area contributed by atoms with E-state index in [4.69, 9.17) is 4.74 Å². The Labute approximate surface area is 152 Å². The Hall–Kier alpha value is -0.680. The summed E-state index contributed by atoms with van der Waals surface area (Å²) in [6.45, 7) is 8.54. The Morgan fingerprint density at radius 3 is 2.39 bits per heavy atom.